The minimum absolute atomic E-state index is 0.820. The van der Waals surface area contributed by atoms with Crippen LogP contribution in [0.2, 0.25) is 0 Å². The molecular formula is C32H61N. The molecule has 0 amide bonds. The fraction of sp³-hybridized carbons (Fsp3) is 1.00. The molecule has 1 N–H and O–H groups in total. The maximum Gasteiger partial charge on any atom is 0.0126 e. The van der Waals surface area contributed by atoms with Gasteiger partial charge in [0.25, 0.3) is 0 Å². The molecule has 3 fully saturated rings. The Morgan fingerprint density at radius 1 is 0.303 bits per heavy atom. The average Bonchev–Trinajstić information content (AvgIpc) is 2.85. The molecule has 0 radical (unpaired) electrons. The molecule has 3 atom stereocenters. The van der Waals surface area contributed by atoms with Crippen LogP contribution in [0.5, 0.6) is 0 Å². The van der Waals surface area contributed by atoms with E-state index in [0.717, 1.165) is 23.8 Å². The summed E-state index contributed by atoms with van der Waals surface area (Å²) in [6.07, 6.45) is 40.5. The van der Waals surface area contributed by atoms with Gasteiger partial charge in [0.05, 0.1) is 0 Å². The van der Waals surface area contributed by atoms with Crippen molar-refractivity contribution in [2.24, 2.45) is 17.8 Å². The van der Waals surface area contributed by atoms with Crippen LogP contribution < -0.4 is 5.32 Å². The minimum Gasteiger partial charge on any atom is -0.313 e. The Balaban J connectivity index is 1.75. The van der Waals surface area contributed by atoms with Crippen LogP contribution in [0.3, 0.4) is 0 Å². The molecule has 194 valence electrons. The Morgan fingerprint density at radius 2 is 0.636 bits per heavy atom. The Kier molecular flexibility index (Phi) is 15.2. The van der Waals surface area contributed by atoms with Crippen molar-refractivity contribution in [3.63, 3.8) is 0 Å². The van der Waals surface area contributed by atoms with Crippen molar-refractivity contribution in [1.82, 2.24) is 5.32 Å². The predicted molar refractivity (Wildman–Crippen MR) is 147 cm³/mol. The third-order valence-electron chi connectivity index (χ3n) is 9.72. The average molecular weight is 460 g/mol. The van der Waals surface area contributed by atoms with Gasteiger partial charge < -0.3 is 5.32 Å². The van der Waals surface area contributed by atoms with E-state index in [1.54, 1.807) is 0 Å². The minimum atomic E-state index is 0.820. The maximum absolute atomic E-state index is 4.31. The van der Waals surface area contributed by atoms with E-state index >= 15 is 0 Å². The van der Waals surface area contributed by atoms with E-state index in [1.165, 1.54) is 180 Å². The largest absolute Gasteiger partial charge is 0.313 e. The van der Waals surface area contributed by atoms with Crippen LogP contribution in [-0.2, 0) is 0 Å². The monoisotopic (exact) mass is 459 g/mol. The molecule has 1 nitrogen and oxygen atoms in total. The zero-order chi connectivity index (χ0) is 22.8. The van der Waals surface area contributed by atoms with Gasteiger partial charge >= 0.3 is 0 Å². The van der Waals surface area contributed by atoms with Gasteiger partial charge in [0.2, 0.25) is 0 Å². The first-order valence-corrected chi connectivity index (χ1v) is 16.2. The summed E-state index contributed by atoms with van der Waals surface area (Å²) in [5, 5.41) is 4.31. The van der Waals surface area contributed by atoms with Crippen molar-refractivity contribution in [2.45, 2.75) is 179 Å². The summed E-state index contributed by atoms with van der Waals surface area (Å²) in [4.78, 5) is 0. The van der Waals surface area contributed by atoms with E-state index in [9.17, 15) is 0 Å². The van der Waals surface area contributed by atoms with Gasteiger partial charge in [-0.15, -0.1) is 0 Å². The summed E-state index contributed by atoms with van der Waals surface area (Å²) in [5.41, 5.74) is 0. The number of rotatable bonds is 1. The van der Waals surface area contributed by atoms with Gasteiger partial charge in [0, 0.05) is 6.04 Å². The van der Waals surface area contributed by atoms with Gasteiger partial charge in [-0.2, -0.15) is 0 Å². The lowest BCUT2D eigenvalue weighted by Crippen LogP contribution is -2.46. The van der Waals surface area contributed by atoms with Crippen molar-refractivity contribution in [3.8, 4) is 0 Å². The Hall–Kier alpha value is -0.0400. The van der Waals surface area contributed by atoms with Crippen molar-refractivity contribution >= 4 is 0 Å². The maximum atomic E-state index is 4.31. The van der Waals surface area contributed by atoms with Gasteiger partial charge in [-0.05, 0) is 50.0 Å². The molecule has 0 aromatic heterocycles. The standard InChI is InChI=1S/C32H61N/c1-2-5-11-17-23-29(24-18-12-6-3-1)31-27-21-15-9-8-14-20-26-30-25-19-13-7-4-10-16-22-28-33-32(30)31/h29-33H,1-28H2. The van der Waals surface area contributed by atoms with Gasteiger partial charge in [-0.3, -0.25) is 0 Å². The first kappa shape index (κ1) is 27.5. The summed E-state index contributed by atoms with van der Waals surface area (Å²) < 4.78 is 0. The molecule has 2 aliphatic carbocycles. The highest BCUT2D eigenvalue weighted by Gasteiger charge is 2.33. The molecule has 0 spiro atoms. The predicted octanol–water partition coefficient (Wildman–Crippen LogP) is 10.4. The number of fused-ring (bicyclic) bond motifs is 1. The summed E-state index contributed by atoms with van der Waals surface area (Å²) in [7, 11) is 0. The summed E-state index contributed by atoms with van der Waals surface area (Å²) in [5.74, 6) is 2.91. The van der Waals surface area contributed by atoms with Crippen molar-refractivity contribution < 1.29 is 0 Å². The van der Waals surface area contributed by atoms with Crippen LogP contribution in [0.25, 0.3) is 0 Å². The molecule has 3 aliphatic rings. The molecule has 2 saturated carbocycles. The van der Waals surface area contributed by atoms with Crippen LogP contribution >= 0.6 is 0 Å². The first-order chi connectivity index (χ1) is 16.4. The van der Waals surface area contributed by atoms with Gasteiger partial charge in [0.15, 0.2) is 0 Å². The fourth-order valence-electron chi connectivity index (χ4n) is 7.68. The van der Waals surface area contributed by atoms with E-state index < -0.39 is 0 Å². The van der Waals surface area contributed by atoms with Gasteiger partial charge in [-0.1, -0.05) is 148 Å². The summed E-state index contributed by atoms with van der Waals surface area (Å²) in [6, 6.07) is 0.820. The summed E-state index contributed by atoms with van der Waals surface area (Å²) >= 11 is 0. The summed E-state index contributed by atoms with van der Waals surface area (Å²) in [6.45, 7) is 1.30. The molecule has 1 heterocycles. The van der Waals surface area contributed by atoms with Gasteiger partial charge in [-0.25, -0.2) is 0 Å². The lowest BCUT2D eigenvalue weighted by Gasteiger charge is -2.40. The Labute approximate surface area is 209 Å². The highest BCUT2D eigenvalue weighted by molar-refractivity contribution is 4.88. The number of hydrogen-bond donors (Lipinski definition) is 1. The second-order valence-corrected chi connectivity index (χ2v) is 12.4. The third-order valence-corrected chi connectivity index (χ3v) is 9.72. The Bertz CT molecular complexity index is 434. The molecule has 3 rings (SSSR count). The Morgan fingerprint density at radius 3 is 1.09 bits per heavy atom. The molecule has 0 aromatic carbocycles. The second kappa shape index (κ2) is 18.3. The molecule has 0 bridgehead atoms. The molecule has 1 heteroatoms. The second-order valence-electron chi connectivity index (χ2n) is 12.4. The number of nitrogens with one attached hydrogen (secondary N) is 1. The SMILES string of the molecule is C1CCCCCC(C2CCCCCCCCC3CCCCCCCCCNC32)CCCCC1. The van der Waals surface area contributed by atoms with Crippen LogP contribution in [-0.4, -0.2) is 12.6 Å². The van der Waals surface area contributed by atoms with E-state index in [1.807, 2.05) is 0 Å². The first-order valence-electron chi connectivity index (χ1n) is 16.2. The van der Waals surface area contributed by atoms with Crippen molar-refractivity contribution in [2.75, 3.05) is 6.54 Å². The van der Waals surface area contributed by atoms with Crippen molar-refractivity contribution in [3.05, 3.63) is 0 Å². The normalized spacial score (nSPS) is 32.5. The molecule has 1 aliphatic heterocycles. The number of hydrogen-bond acceptors (Lipinski definition) is 1. The van der Waals surface area contributed by atoms with Crippen LogP contribution in [0.1, 0.15) is 173 Å². The van der Waals surface area contributed by atoms with E-state index in [0.29, 0.717) is 0 Å². The van der Waals surface area contributed by atoms with Crippen LogP contribution in [0.15, 0.2) is 0 Å². The molecule has 1 saturated heterocycles. The lowest BCUT2D eigenvalue weighted by atomic mass is 9.71. The van der Waals surface area contributed by atoms with Crippen LogP contribution in [0, 0.1) is 17.8 Å². The topological polar surface area (TPSA) is 12.0 Å². The molecule has 33 heavy (non-hydrogen) atoms. The van der Waals surface area contributed by atoms with Crippen molar-refractivity contribution in [1.29, 1.82) is 0 Å². The molecule has 3 unspecified atom stereocenters. The quantitative estimate of drug-likeness (QED) is 0.411. The molecule has 0 aromatic rings. The van der Waals surface area contributed by atoms with E-state index in [-0.39, 0.29) is 0 Å². The van der Waals surface area contributed by atoms with E-state index in [4.69, 9.17) is 0 Å². The zero-order valence-electron chi connectivity index (χ0n) is 22.6. The zero-order valence-corrected chi connectivity index (χ0v) is 22.6. The lowest BCUT2D eigenvalue weighted by molar-refractivity contribution is 0.141. The third kappa shape index (κ3) is 11.5. The van der Waals surface area contributed by atoms with E-state index in [2.05, 4.69) is 5.32 Å². The fourth-order valence-corrected chi connectivity index (χ4v) is 7.68. The molecular weight excluding hydrogens is 398 g/mol. The smallest absolute Gasteiger partial charge is 0.0126 e. The van der Waals surface area contributed by atoms with Crippen LogP contribution in [0.4, 0.5) is 0 Å². The highest BCUT2D eigenvalue weighted by atomic mass is 14.9. The highest BCUT2D eigenvalue weighted by Crippen LogP contribution is 2.38. The van der Waals surface area contributed by atoms with Gasteiger partial charge in [0.1, 0.15) is 0 Å².